The van der Waals surface area contributed by atoms with Crippen LogP contribution < -0.4 is 0 Å². The Morgan fingerprint density at radius 3 is 2.50 bits per heavy atom. The Morgan fingerprint density at radius 1 is 1.70 bits per heavy atom. The maximum Gasteiger partial charge on any atom is 0.302 e. The molecule has 0 bridgehead atoms. The molecule has 10 heavy (non-hydrogen) atoms. The van der Waals surface area contributed by atoms with E-state index in [9.17, 15) is 4.79 Å². The minimum atomic E-state index is -1.34. The molecule has 0 saturated heterocycles. The van der Waals surface area contributed by atoms with E-state index >= 15 is 0 Å². The Labute approximate surface area is 71.5 Å². The summed E-state index contributed by atoms with van der Waals surface area (Å²) >= 11 is 11.2. The fourth-order valence-corrected chi connectivity index (χ4v) is 0.893. The van der Waals surface area contributed by atoms with Crippen molar-refractivity contribution in [3.63, 3.8) is 0 Å². The van der Waals surface area contributed by atoms with Gasteiger partial charge in [-0.05, 0) is 0 Å². The average Bonchev–Trinajstić information content (AvgIpc) is 1.82. The van der Waals surface area contributed by atoms with Crippen LogP contribution in [0.25, 0.3) is 0 Å². The van der Waals surface area contributed by atoms with Crippen molar-refractivity contribution in [2.45, 2.75) is 19.4 Å². The lowest BCUT2D eigenvalue weighted by atomic mass is 10.5. The monoisotopic (exact) mass is 199 g/mol. The van der Waals surface area contributed by atoms with Gasteiger partial charge in [0.1, 0.15) is 0 Å². The van der Waals surface area contributed by atoms with Gasteiger partial charge >= 0.3 is 5.97 Å². The molecule has 0 rings (SSSR count). The van der Waals surface area contributed by atoms with E-state index in [4.69, 9.17) is 22.2 Å². The van der Waals surface area contributed by atoms with Crippen molar-refractivity contribution in [1.29, 1.82) is 0 Å². The fourth-order valence-electron chi connectivity index (χ4n) is 0.305. The Balaban J connectivity index is 3.39. The van der Waals surface area contributed by atoms with Gasteiger partial charge in [0.2, 0.25) is 0 Å². The molecule has 1 atom stereocenters. The molecule has 0 aliphatic heterocycles. The molecule has 0 aromatic heterocycles. The molecule has 0 saturated carbocycles. The first-order valence-corrected chi connectivity index (χ1v) is 6.45. The van der Waals surface area contributed by atoms with Crippen LogP contribution in [0.2, 0.25) is 5.54 Å². The molecule has 1 unspecified atom stereocenters. The van der Waals surface area contributed by atoms with Crippen LogP contribution in [0.4, 0.5) is 0 Å². The number of halogens is 2. The summed E-state index contributed by atoms with van der Waals surface area (Å²) in [7, 11) is -1.34. The van der Waals surface area contributed by atoms with Gasteiger partial charge in [-0.2, -0.15) is 0 Å². The molecule has 0 fully saturated rings. The number of carbonyl (C=O) groups is 1. The number of esters is 1. The van der Waals surface area contributed by atoms with Gasteiger partial charge in [0.25, 0.3) is 7.42 Å². The highest BCUT2D eigenvalue weighted by molar-refractivity contribution is 7.34. The normalized spacial score (nSPS) is 13.3. The second-order valence-electron chi connectivity index (χ2n) is 1.99. The second-order valence-corrected chi connectivity index (χ2v) is 6.58. The molecule has 0 spiro atoms. The van der Waals surface area contributed by atoms with Crippen molar-refractivity contribution < 1.29 is 9.53 Å². The lowest BCUT2D eigenvalue weighted by Gasteiger charge is -2.08. The van der Waals surface area contributed by atoms with Crippen molar-refractivity contribution in [2.24, 2.45) is 0 Å². The van der Waals surface area contributed by atoms with E-state index in [1.807, 2.05) is 6.92 Å². The van der Waals surface area contributed by atoms with Gasteiger partial charge in [-0.15, -0.1) is 22.2 Å². The van der Waals surface area contributed by atoms with Crippen molar-refractivity contribution >= 4 is 35.5 Å². The highest BCUT2D eigenvalue weighted by Gasteiger charge is 2.15. The summed E-state index contributed by atoms with van der Waals surface area (Å²) in [5.74, 6) is -0.288. The summed E-state index contributed by atoms with van der Waals surface area (Å²) in [6, 6.07) is 0. The lowest BCUT2D eigenvalue weighted by Crippen LogP contribution is -2.12. The molecular weight excluding hydrogens is 191 g/mol. The van der Waals surface area contributed by atoms with E-state index in [0.29, 0.717) is 6.61 Å². The summed E-state index contributed by atoms with van der Waals surface area (Å²) < 4.78 is 4.68. The zero-order valence-corrected chi connectivity index (χ0v) is 8.37. The highest BCUT2D eigenvalue weighted by atomic mass is 35.7. The number of hydrogen-bond acceptors (Lipinski definition) is 2. The Bertz CT molecular complexity index is 118. The molecule has 0 amide bonds. The van der Waals surface area contributed by atoms with Crippen molar-refractivity contribution in [3.8, 4) is 0 Å². The molecule has 1 radical (unpaired) electrons. The van der Waals surface area contributed by atoms with E-state index in [1.165, 1.54) is 6.92 Å². The van der Waals surface area contributed by atoms with Crippen LogP contribution >= 0.6 is 22.2 Å². The van der Waals surface area contributed by atoms with Gasteiger partial charge in [-0.25, -0.2) is 0 Å². The van der Waals surface area contributed by atoms with E-state index in [0.717, 1.165) is 0 Å². The molecule has 0 heterocycles. The van der Waals surface area contributed by atoms with Crippen molar-refractivity contribution in [2.75, 3.05) is 6.61 Å². The molecule has 0 N–H and O–H groups in total. The van der Waals surface area contributed by atoms with Crippen LogP contribution in [0.5, 0.6) is 0 Å². The van der Waals surface area contributed by atoms with Crippen LogP contribution in [0.15, 0.2) is 0 Å². The van der Waals surface area contributed by atoms with E-state index in [-0.39, 0.29) is 11.5 Å². The number of rotatable bonds is 3. The van der Waals surface area contributed by atoms with Crippen LogP contribution in [0.3, 0.4) is 0 Å². The van der Waals surface area contributed by atoms with E-state index in [1.54, 1.807) is 0 Å². The zero-order valence-electron chi connectivity index (χ0n) is 5.86. The minimum absolute atomic E-state index is 0.0947. The first-order valence-electron chi connectivity index (χ1n) is 2.85. The van der Waals surface area contributed by atoms with Gasteiger partial charge < -0.3 is 4.74 Å². The van der Waals surface area contributed by atoms with Gasteiger partial charge in [0.05, 0.1) is 6.61 Å². The first kappa shape index (κ1) is 10.3. The van der Waals surface area contributed by atoms with Gasteiger partial charge in [-0.1, -0.05) is 6.92 Å². The standard InChI is InChI=1S/C5H9Cl2O2Si/c1-4(10(6)7)3-9-5(2)8/h4H,3H2,1-2H3. The molecule has 2 nitrogen and oxygen atoms in total. The molecule has 0 aliphatic rings. The number of hydrogen-bond donors (Lipinski definition) is 0. The molecule has 5 heteroatoms. The van der Waals surface area contributed by atoms with E-state index < -0.39 is 7.42 Å². The third-order valence-electron chi connectivity index (χ3n) is 0.909. The smallest absolute Gasteiger partial charge is 0.302 e. The number of carbonyl (C=O) groups excluding carboxylic acids is 1. The quantitative estimate of drug-likeness (QED) is 0.395. The van der Waals surface area contributed by atoms with Gasteiger partial charge in [0, 0.05) is 12.5 Å². The van der Waals surface area contributed by atoms with E-state index in [2.05, 4.69) is 4.74 Å². The van der Waals surface area contributed by atoms with Crippen LogP contribution in [0, 0.1) is 0 Å². The minimum Gasteiger partial charge on any atom is -0.466 e. The fraction of sp³-hybridized carbons (Fsp3) is 0.800. The van der Waals surface area contributed by atoms with Crippen LogP contribution in [0.1, 0.15) is 13.8 Å². The average molecular weight is 200 g/mol. The highest BCUT2D eigenvalue weighted by Crippen LogP contribution is 2.15. The third kappa shape index (κ3) is 5.08. The number of ether oxygens (including phenoxy) is 1. The summed E-state index contributed by atoms with van der Waals surface area (Å²) in [6.07, 6.45) is 0. The van der Waals surface area contributed by atoms with Crippen molar-refractivity contribution in [3.05, 3.63) is 0 Å². The molecule has 59 valence electrons. The topological polar surface area (TPSA) is 26.3 Å². The second kappa shape index (κ2) is 4.99. The zero-order chi connectivity index (χ0) is 8.15. The lowest BCUT2D eigenvalue weighted by molar-refractivity contribution is -0.140. The summed E-state index contributed by atoms with van der Waals surface area (Å²) in [4.78, 5) is 10.3. The maximum absolute atomic E-state index is 10.3. The van der Waals surface area contributed by atoms with Crippen LogP contribution in [-0.4, -0.2) is 20.0 Å². The predicted octanol–water partition coefficient (Wildman–Crippen LogP) is 1.91. The Hall–Kier alpha value is 0.267. The molecular formula is C5H9Cl2O2Si. The molecule has 0 aromatic carbocycles. The Morgan fingerprint density at radius 2 is 2.20 bits per heavy atom. The Kier molecular flexibility index (Phi) is 5.12. The third-order valence-corrected chi connectivity index (χ3v) is 4.06. The summed E-state index contributed by atoms with van der Waals surface area (Å²) in [5, 5.41) is 0. The maximum atomic E-state index is 10.3. The van der Waals surface area contributed by atoms with Gasteiger partial charge in [-0.3, -0.25) is 4.79 Å². The van der Waals surface area contributed by atoms with Crippen molar-refractivity contribution in [1.82, 2.24) is 0 Å². The summed E-state index contributed by atoms with van der Waals surface area (Å²) in [6.45, 7) is 3.55. The van der Waals surface area contributed by atoms with Gasteiger partial charge in [0.15, 0.2) is 0 Å². The first-order chi connectivity index (χ1) is 4.54. The van der Waals surface area contributed by atoms with Crippen LogP contribution in [-0.2, 0) is 9.53 Å². The molecule has 0 aromatic rings. The SMILES string of the molecule is CC(=O)OCC(C)[Si](Cl)Cl. The molecule has 0 aliphatic carbocycles. The predicted molar refractivity (Wildman–Crippen MR) is 43.5 cm³/mol. The summed E-state index contributed by atoms with van der Waals surface area (Å²) in [5.41, 5.74) is 0.0947. The largest absolute Gasteiger partial charge is 0.466 e.